The minimum Gasteiger partial charge on any atom is -0.294 e. The molecule has 0 bridgehead atoms. The number of fused-ring (bicyclic) bond motifs is 1. The number of hydrogen-bond donors (Lipinski definition) is 0. The molecule has 0 fully saturated rings. The molecule has 0 atom stereocenters. The molecular weight excluding hydrogens is 231 g/mol. The SMILES string of the molecule is [C-]#[N+]c1c(F)ccn2c(=O)cc(C(C)(C)C)cc12. The average molecular weight is 244 g/mol. The Hall–Kier alpha value is -2.15. The lowest BCUT2D eigenvalue weighted by atomic mass is 9.87. The molecule has 18 heavy (non-hydrogen) atoms. The predicted molar refractivity (Wildman–Crippen MR) is 68.6 cm³/mol. The largest absolute Gasteiger partial charge is 0.294 e. The zero-order chi connectivity index (χ0) is 13.5. The third kappa shape index (κ3) is 1.88. The van der Waals surface area contributed by atoms with Crippen molar-refractivity contribution in [1.82, 2.24) is 4.40 Å². The van der Waals surface area contributed by atoms with Gasteiger partial charge in [0.15, 0.2) is 0 Å². The summed E-state index contributed by atoms with van der Waals surface area (Å²) in [5, 5.41) is 0. The van der Waals surface area contributed by atoms with Crippen LogP contribution in [0.1, 0.15) is 26.3 Å². The zero-order valence-electron chi connectivity index (χ0n) is 10.5. The highest BCUT2D eigenvalue weighted by Crippen LogP contribution is 2.27. The molecule has 0 saturated carbocycles. The van der Waals surface area contributed by atoms with E-state index >= 15 is 0 Å². The molecule has 92 valence electrons. The fourth-order valence-electron chi connectivity index (χ4n) is 1.80. The number of hydrogen-bond acceptors (Lipinski definition) is 1. The minimum atomic E-state index is -0.601. The number of halogens is 1. The van der Waals surface area contributed by atoms with Crippen LogP contribution in [-0.4, -0.2) is 4.40 Å². The second kappa shape index (κ2) is 3.95. The molecule has 0 aromatic carbocycles. The summed E-state index contributed by atoms with van der Waals surface area (Å²) in [6, 6.07) is 4.37. The quantitative estimate of drug-likeness (QED) is 0.653. The van der Waals surface area contributed by atoms with Gasteiger partial charge in [0, 0.05) is 12.3 Å². The third-order valence-corrected chi connectivity index (χ3v) is 2.88. The Bertz CT molecular complexity index is 717. The van der Waals surface area contributed by atoms with Crippen LogP contribution in [0.5, 0.6) is 0 Å². The fraction of sp³-hybridized carbons (Fsp3) is 0.286. The van der Waals surface area contributed by atoms with E-state index in [1.165, 1.54) is 16.7 Å². The van der Waals surface area contributed by atoms with E-state index in [0.717, 1.165) is 11.6 Å². The summed E-state index contributed by atoms with van der Waals surface area (Å²) in [5.74, 6) is -0.601. The molecule has 2 rings (SSSR count). The average Bonchev–Trinajstić information content (AvgIpc) is 2.27. The fourth-order valence-corrected chi connectivity index (χ4v) is 1.80. The van der Waals surface area contributed by atoms with Crippen molar-refractivity contribution < 1.29 is 4.39 Å². The van der Waals surface area contributed by atoms with Gasteiger partial charge in [0.05, 0.1) is 12.1 Å². The van der Waals surface area contributed by atoms with E-state index in [9.17, 15) is 9.18 Å². The second-order valence-electron chi connectivity index (χ2n) is 5.21. The summed E-state index contributed by atoms with van der Waals surface area (Å²) in [4.78, 5) is 15.1. The van der Waals surface area contributed by atoms with Crippen LogP contribution in [0.4, 0.5) is 10.1 Å². The van der Waals surface area contributed by atoms with Gasteiger partial charge in [0.2, 0.25) is 5.69 Å². The number of rotatable bonds is 0. The highest BCUT2D eigenvalue weighted by Gasteiger charge is 2.17. The Labute approximate surface area is 104 Å². The van der Waals surface area contributed by atoms with Gasteiger partial charge in [-0.2, -0.15) is 0 Å². The van der Waals surface area contributed by atoms with Crippen molar-refractivity contribution >= 4 is 11.2 Å². The van der Waals surface area contributed by atoms with Crippen LogP contribution >= 0.6 is 0 Å². The van der Waals surface area contributed by atoms with Crippen molar-refractivity contribution in [2.45, 2.75) is 26.2 Å². The smallest absolute Gasteiger partial charge is 0.254 e. The van der Waals surface area contributed by atoms with Gasteiger partial charge in [-0.25, -0.2) is 9.24 Å². The van der Waals surface area contributed by atoms with E-state index in [1.54, 1.807) is 6.07 Å². The monoisotopic (exact) mass is 244 g/mol. The summed E-state index contributed by atoms with van der Waals surface area (Å²) in [7, 11) is 0. The number of nitrogens with zero attached hydrogens (tertiary/aromatic N) is 2. The zero-order valence-corrected chi connectivity index (χ0v) is 10.5. The standard InChI is InChI=1S/C14H13FN2O/c1-14(2,3)9-7-11-13(16-4)10(15)5-6-17(11)12(18)8-9/h5-8H,1-3H3. The summed E-state index contributed by atoms with van der Waals surface area (Å²) in [5.41, 5.74) is 0.535. The van der Waals surface area contributed by atoms with Crippen molar-refractivity contribution in [1.29, 1.82) is 0 Å². The summed E-state index contributed by atoms with van der Waals surface area (Å²) in [6.07, 6.45) is 1.36. The summed E-state index contributed by atoms with van der Waals surface area (Å²) < 4.78 is 14.8. The third-order valence-electron chi connectivity index (χ3n) is 2.88. The highest BCUT2D eigenvalue weighted by atomic mass is 19.1. The van der Waals surface area contributed by atoms with E-state index in [-0.39, 0.29) is 16.7 Å². The van der Waals surface area contributed by atoms with Gasteiger partial charge in [-0.05, 0) is 23.1 Å². The maximum absolute atomic E-state index is 13.6. The van der Waals surface area contributed by atoms with Gasteiger partial charge in [-0.1, -0.05) is 20.8 Å². The Morgan fingerprint density at radius 1 is 1.33 bits per heavy atom. The van der Waals surface area contributed by atoms with Crippen molar-refractivity contribution in [2.75, 3.05) is 0 Å². The van der Waals surface area contributed by atoms with Gasteiger partial charge in [0.25, 0.3) is 5.56 Å². The lowest BCUT2D eigenvalue weighted by Crippen LogP contribution is -2.19. The first kappa shape index (κ1) is 12.3. The molecule has 4 heteroatoms. The summed E-state index contributed by atoms with van der Waals surface area (Å²) >= 11 is 0. The van der Waals surface area contributed by atoms with Gasteiger partial charge in [0.1, 0.15) is 5.82 Å². The first-order chi connectivity index (χ1) is 8.34. The lowest BCUT2D eigenvalue weighted by Gasteiger charge is -2.19. The normalized spacial score (nSPS) is 11.5. The first-order valence-corrected chi connectivity index (χ1v) is 5.57. The molecule has 3 nitrogen and oxygen atoms in total. The first-order valence-electron chi connectivity index (χ1n) is 5.57. The topological polar surface area (TPSA) is 25.8 Å². The van der Waals surface area contributed by atoms with Gasteiger partial charge in [-0.3, -0.25) is 9.20 Å². The minimum absolute atomic E-state index is 0.110. The van der Waals surface area contributed by atoms with E-state index in [1.807, 2.05) is 20.8 Å². The van der Waals surface area contributed by atoms with E-state index in [4.69, 9.17) is 6.57 Å². The molecule has 0 radical (unpaired) electrons. The van der Waals surface area contributed by atoms with Crippen molar-refractivity contribution in [2.24, 2.45) is 0 Å². The van der Waals surface area contributed by atoms with Crippen LogP contribution in [0, 0.1) is 12.4 Å². The molecule has 2 aromatic heterocycles. The van der Waals surface area contributed by atoms with Crippen LogP contribution in [0.3, 0.4) is 0 Å². The molecule has 0 saturated heterocycles. The Morgan fingerprint density at radius 2 is 2.00 bits per heavy atom. The molecule has 0 unspecified atom stereocenters. The van der Waals surface area contributed by atoms with Gasteiger partial charge < -0.3 is 0 Å². The van der Waals surface area contributed by atoms with Gasteiger partial charge in [-0.15, -0.1) is 0 Å². The van der Waals surface area contributed by atoms with Crippen LogP contribution in [0.2, 0.25) is 0 Å². The van der Waals surface area contributed by atoms with Crippen molar-refractivity contribution in [3.05, 3.63) is 57.5 Å². The predicted octanol–water partition coefficient (Wildman–Crippen LogP) is 3.29. The van der Waals surface area contributed by atoms with E-state index < -0.39 is 5.82 Å². The van der Waals surface area contributed by atoms with Crippen LogP contribution < -0.4 is 5.56 Å². The second-order valence-corrected chi connectivity index (χ2v) is 5.21. The highest BCUT2D eigenvalue weighted by molar-refractivity contribution is 5.74. The maximum Gasteiger partial charge on any atom is 0.254 e. The van der Waals surface area contributed by atoms with E-state index in [0.29, 0.717) is 5.52 Å². The Morgan fingerprint density at radius 3 is 2.56 bits per heavy atom. The van der Waals surface area contributed by atoms with Crippen LogP contribution in [0.15, 0.2) is 29.2 Å². The van der Waals surface area contributed by atoms with Crippen LogP contribution in [0.25, 0.3) is 10.4 Å². The molecule has 0 aliphatic heterocycles. The van der Waals surface area contributed by atoms with Crippen molar-refractivity contribution in [3.63, 3.8) is 0 Å². The number of aromatic nitrogens is 1. The molecule has 2 aromatic rings. The molecule has 0 aliphatic rings. The Kier molecular flexibility index (Phi) is 2.70. The lowest BCUT2D eigenvalue weighted by molar-refractivity contribution is 0.588. The molecule has 0 N–H and O–H groups in total. The molecule has 0 spiro atoms. The number of pyridine rings is 2. The van der Waals surface area contributed by atoms with E-state index in [2.05, 4.69) is 4.85 Å². The maximum atomic E-state index is 13.6. The summed E-state index contributed by atoms with van der Waals surface area (Å²) in [6.45, 7) is 12.9. The molecular formula is C14H13FN2O. The molecule has 0 amide bonds. The van der Waals surface area contributed by atoms with Crippen molar-refractivity contribution in [3.8, 4) is 0 Å². The van der Waals surface area contributed by atoms with Gasteiger partial charge >= 0.3 is 0 Å². The molecule has 0 aliphatic carbocycles. The van der Waals surface area contributed by atoms with Crippen LogP contribution in [-0.2, 0) is 5.41 Å². The Balaban J connectivity index is 2.95. The molecule has 2 heterocycles.